The van der Waals surface area contributed by atoms with E-state index in [1.165, 1.54) is 0 Å². The van der Waals surface area contributed by atoms with Gasteiger partial charge in [-0.05, 0) is 49.8 Å². The molecule has 0 bridgehead atoms. The first-order valence-electron chi connectivity index (χ1n) is 7.65. The summed E-state index contributed by atoms with van der Waals surface area (Å²) in [6.07, 6.45) is 3.11. The predicted octanol–water partition coefficient (Wildman–Crippen LogP) is 2.66. The summed E-state index contributed by atoms with van der Waals surface area (Å²) in [5, 5.41) is 18.0. The number of unbranched alkanes of at least 4 members (excludes halogenated alkanes) is 1. The highest BCUT2D eigenvalue weighted by molar-refractivity contribution is 5.89. The fraction of sp³-hybridized carbons (Fsp3) is 0.529. The second-order valence-electron chi connectivity index (χ2n) is 5.31. The van der Waals surface area contributed by atoms with Crippen molar-refractivity contribution in [3.63, 3.8) is 0 Å². The first-order valence-corrected chi connectivity index (χ1v) is 7.65. The second-order valence-corrected chi connectivity index (χ2v) is 5.31. The van der Waals surface area contributed by atoms with Crippen LogP contribution in [0, 0.1) is 5.92 Å². The maximum atomic E-state index is 11.6. The number of benzene rings is 1. The van der Waals surface area contributed by atoms with Crippen molar-refractivity contribution in [1.82, 2.24) is 0 Å². The van der Waals surface area contributed by atoms with E-state index in [-0.39, 0.29) is 24.9 Å². The summed E-state index contributed by atoms with van der Waals surface area (Å²) in [7, 11) is 0. The lowest BCUT2D eigenvalue weighted by molar-refractivity contribution is -0.137. The van der Waals surface area contributed by atoms with Crippen LogP contribution in [0.2, 0.25) is 0 Å². The van der Waals surface area contributed by atoms with Gasteiger partial charge in [-0.25, -0.2) is 4.79 Å². The monoisotopic (exact) mass is 308 g/mol. The minimum absolute atomic E-state index is 0.0761. The number of carboxylic acids is 1. The molecule has 0 aliphatic heterocycles. The number of carbonyl (C=O) groups is 2. The fourth-order valence-electron chi connectivity index (χ4n) is 2.29. The highest BCUT2D eigenvalue weighted by Crippen LogP contribution is 2.16. The average Bonchev–Trinajstić information content (AvgIpc) is 2.51. The highest BCUT2D eigenvalue weighted by Gasteiger charge is 2.11. The Hall–Kier alpha value is -1.88. The van der Waals surface area contributed by atoms with Crippen LogP contribution in [0.25, 0.3) is 0 Å². The molecule has 0 saturated heterocycles. The lowest BCUT2D eigenvalue weighted by atomic mass is 9.94. The van der Waals surface area contributed by atoms with E-state index in [0.717, 1.165) is 18.4 Å². The van der Waals surface area contributed by atoms with Crippen molar-refractivity contribution in [2.75, 3.05) is 13.2 Å². The zero-order valence-corrected chi connectivity index (χ0v) is 13.0. The summed E-state index contributed by atoms with van der Waals surface area (Å²) in [5.74, 6) is -1.00. The number of esters is 1. The van der Waals surface area contributed by atoms with Crippen molar-refractivity contribution < 1.29 is 24.5 Å². The molecule has 122 valence electrons. The van der Waals surface area contributed by atoms with Crippen LogP contribution in [-0.2, 0) is 16.0 Å². The Morgan fingerprint density at radius 3 is 2.41 bits per heavy atom. The molecule has 1 aromatic carbocycles. The third kappa shape index (κ3) is 6.72. The van der Waals surface area contributed by atoms with E-state index in [1.807, 2.05) is 12.1 Å². The van der Waals surface area contributed by atoms with Gasteiger partial charge in [-0.2, -0.15) is 0 Å². The lowest BCUT2D eigenvalue weighted by Crippen LogP contribution is -2.10. The van der Waals surface area contributed by atoms with Gasteiger partial charge in [0.15, 0.2) is 0 Å². The smallest absolute Gasteiger partial charge is 0.338 e. The third-order valence-electron chi connectivity index (χ3n) is 3.50. The minimum atomic E-state index is -0.782. The van der Waals surface area contributed by atoms with Gasteiger partial charge >= 0.3 is 11.9 Å². The normalized spacial score (nSPS) is 11.9. The topological polar surface area (TPSA) is 83.8 Å². The molecule has 0 saturated carbocycles. The number of hydrogen-bond donors (Lipinski definition) is 2. The summed E-state index contributed by atoms with van der Waals surface area (Å²) in [5.41, 5.74) is 1.57. The molecule has 1 unspecified atom stereocenters. The van der Waals surface area contributed by atoms with E-state index in [0.29, 0.717) is 25.0 Å². The molecule has 22 heavy (non-hydrogen) atoms. The number of aliphatic carboxylic acids is 1. The number of hydrogen-bond acceptors (Lipinski definition) is 4. The molecule has 5 nitrogen and oxygen atoms in total. The Labute approximate surface area is 130 Å². The van der Waals surface area contributed by atoms with Crippen molar-refractivity contribution in [2.45, 2.75) is 39.0 Å². The van der Waals surface area contributed by atoms with Gasteiger partial charge in [0.05, 0.1) is 12.2 Å². The molecule has 0 aliphatic carbocycles. The van der Waals surface area contributed by atoms with Crippen LogP contribution in [0.3, 0.4) is 0 Å². The van der Waals surface area contributed by atoms with Crippen LogP contribution in [-0.4, -0.2) is 35.4 Å². The van der Waals surface area contributed by atoms with Crippen LogP contribution in [0.15, 0.2) is 24.3 Å². The van der Waals surface area contributed by atoms with E-state index >= 15 is 0 Å². The number of ether oxygens (including phenoxy) is 1. The SMILES string of the molecule is CCOC(=O)c1ccc(CC(CO)CCCCC(=O)O)cc1. The van der Waals surface area contributed by atoms with Gasteiger partial charge in [0.2, 0.25) is 0 Å². The van der Waals surface area contributed by atoms with Crippen molar-refractivity contribution in [1.29, 1.82) is 0 Å². The summed E-state index contributed by atoms with van der Waals surface area (Å²) in [6.45, 7) is 2.19. The number of aliphatic hydroxyl groups excluding tert-OH is 1. The molecule has 0 aliphatic rings. The standard InChI is InChI=1S/C17H24O5/c1-2-22-17(21)15-9-7-13(8-10-15)11-14(12-18)5-3-4-6-16(19)20/h7-10,14,18H,2-6,11-12H2,1H3,(H,19,20). The Balaban J connectivity index is 2.46. The molecule has 0 spiro atoms. The van der Waals surface area contributed by atoms with Crippen molar-refractivity contribution in [3.8, 4) is 0 Å². The number of rotatable bonds is 10. The van der Waals surface area contributed by atoms with E-state index in [1.54, 1.807) is 19.1 Å². The van der Waals surface area contributed by atoms with E-state index in [9.17, 15) is 14.7 Å². The Morgan fingerprint density at radius 2 is 1.86 bits per heavy atom. The van der Waals surface area contributed by atoms with Gasteiger partial charge in [-0.3, -0.25) is 4.79 Å². The average molecular weight is 308 g/mol. The summed E-state index contributed by atoms with van der Waals surface area (Å²) < 4.78 is 4.93. The molecular weight excluding hydrogens is 284 g/mol. The summed E-state index contributed by atoms with van der Waals surface area (Å²) in [6, 6.07) is 7.19. The van der Waals surface area contributed by atoms with E-state index in [4.69, 9.17) is 9.84 Å². The van der Waals surface area contributed by atoms with E-state index in [2.05, 4.69) is 0 Å². The third-order valence-corrected chi connectivity index (χ3v) is 3.50. The van der Waals surface area contributed by atoms with Gasteiger partial charge in [-0.1, -0.05) is 18.6 Å². The molecule has 0 heterocycles. The van der Waals surface area contributed by atoms with Crippen LogP contribution in [0.4, 0.5) is 0 Å². The van der Waals surface area contributed by atoms with E-state index < -0.39 is 5.97 Å². The molecule has 1 aromatic rings. The molecule has 1 atom stereocenters. The minimum Gasteiger partial charge on any atom is -0.481 e. The first kappa shape index (κ1) is 18.2. The second kappa shape index (κ2) is 9.95. The van der Waals surface area contributed by atoms with Crippen LogP contribution in [0.1, 0.15) is 48.5 Å². The fourth-order valence-corrected chi connectivity index (χ4v) is 2.29. The Kier molecular flexibility index (Phi) is 8.22. The molecular formula is C17H24O5. The number of aliphatic hydroxyl groups is 1. The molecule has 1 rings (SSSR count). The predicted molar refractivity (Wildman–Crippen MR) is 82.8 cm³/mol. The summed E-state index contributed by atoms with van der Waals surface area (Å²) >= 11 is 0. The van der Waals surface area contributed by atoms with Crippen LogP contribution in [0.5, 0.6) is 0 Å². The number of carbonyl (C=O) groups excluding carboxylic acids is 1. The summed E-state index contributed by atoms with van der Waals surface area (Å²) in [4.78, 5) is 22.0. The van der Waals surface area contributed by atoms with Crippen LogP contribution < -0.4 is 0 Å². The molecule has 2 N–H and O–H groups in total. The lowest BCUT2D eigenvalue weighted by Gasteiger charge is -2.14. The quantitative estimate of drug-likeness (QED) is 0.513. The number of carboxylic acid groups (broad SMARTS) is 1. The molecule has 0 amide bonds. The zero-order valence-electron chi connectivity index (χ0n) is 13.0. The van der Waals surface area contributed by atoms with Crippen molar-refractivity contribution >= 4 is 11.9 Å². The molecule has 0 fully saturated rings. The molecule has 5 heteroatoms. The van der Waals surface area contributed by atoms with Gasteiger partial charge in [-0.15, -0.1) is 0 Å². The maximum absolute atomic E-state index is 11.6. The van der Waals surface area contributed by atoms with Gasteiger partial charge in [0, 0.05) is 13.0 Å². The largest absolute Gasteiger partial charge is 0.481 e. The van der Waals surface area contributed by atoms with Crippen molar-refractivity contribution in [3.05, 3.63) is 35.4 Å². The zero-order chi connectivity index (χ0) is 16.4. The van der Waals surface area contributed by atoms with Crippen molar-refractivity contribution in [2.24, 2.45) is 5.92 Å². The molecule has 0 aromatic heterocycles. The Bertz CT molecular complexity index is 466. The van der Waals surface area contributed by atoms with Gasteiger partial charge in [0.1, 0.15) is 0 Å². The Morgan fingerprint density at radius 1 is 1.18 bits per heavy atom. The van der Waals surface area contributed by atoms with Gasteiger partial charge in [0.25, 0.3) is 0 Å². The molecule has 0 radical (unpaired) electrons. The highest BCUT2D eigenvalue weighted by atomic mass is 16.5. The van der Waals surface area contributed by atoms with Crippen LogP contribution >= 0.6 is 0 Å². The first-order chi connectivity index (χ1) is 10.6. The maximum Gasteiger partial charge on any atom is 0.338 e. The van der Waals surface area contributed by atoms with Gasteiger partial charge < -0.3 is 14.9 Å².